The van der Waals surface area contributed by atoms with E-state index >= 15 is 0 Å². The maximum Gasteiger partial charge on any atom is 0.243 e. The van der Waals surface area contributed by atoms with Crippen LogP contribution in [0.25, 0.3) is 0 Å². The lowest BCUT2D eigenvalue weighted by Crippen LogP contribution is -2.32. The predicted octanol–water partition coefficient (Wildman–Crippen LogP) is 4.44. The first-order valence-corrected chi connectivity index (χ1v) is 10.6. The minimum atomic E-state index is -3.72. The summed E-state index contributed by atoms with van der Waals surface area (Å²) < 4.78 is 38.0. The van der Waals surface area contributed by atoms with Gasteiger partial charge in [0.25, 0.3) is 0 Å². The quantitative estimate of drug-likeness (QED) is 0.550. The molecule has 5 nitrogen and oxygen atoms in total. The molecule has 0 saturated heterocycles. The maximum absolute atomic E-state index is 13.2. The number of nitrogens with zero attached hydrogens (tertiary/aromatic N) is 1. The Hall–Kier alpha value is -1.80. The first kappa shape index (κ1) is 19.0. The van der Waals surface area contributed by atoms with Crippen molar-refractivity contribution in [1.29, 1.82) is 0 Å². The van der Waals surface area contributed by atoms with Gasteiger partial charge in [-0.15, -0.1) is 11.3 Å². The zero-order valence-corrected chi connectivity index (χ0v) is 16.5. The molecule has 0 amide bonds. The monoisotopic (exact) mass is 411 g/mol. The SMILES string of the molecule is COc1ccc(S(=O)(=O)N(CCc2cccs2)Cc2ccoc2)cc1Cl. The van der Waals surface area contributed by atoms with Gasteiger partial charge in [0.15, 0.2) is 0 Å². The van der Waals surface area contributed by atoms with Crippen molar-refractivity contribution in [3.8, 4) is 5.75 Å². The van der Waals surface area contributed by atoms with Crippen LogP contribution in [-0.4, -0.2) is 26.4 Å². The molecular weight excluding hydrogens is 394 g/mol. The molecule has 2 aromatic heterocycles. The van der Waals surface area contributed by atoms with Crippen molar-refractivity contribution in [3.63, 3.8) is 0 Å². The van der Waals surface area contributed by atoms with Crippen LogP contribution in [0.2, 0.25) is 5.02 Å². The van der Waals surface area contributed by atoms with Gasteiger partial charge < -0.3 is 9.15 Å². The van der Waals surface area contributed by atoms with Crippen LogP contribution in [0.1, 0.15) is 10.4 Å². The number of sulfonamides is 1. The van der Waals surface area contributed by atoms with Crippen molar-refractivity contribution >= 4 is 33.0 Å². The minimum Gasteiger partial charge on any atom is -0.495 e. The topological polar surface area (TPSA) is 59.8 Å². The average molecular weight is 412 g/mol. The Kier molecular flexibility index (Phi) is 6.03. The third-order valence-electron chi connectivity index (χ3n) is 3.89. The molecule has 0 aliphatic rings. The van der Waals surface area contributed by atoms with Gasteiger partial charge in [0.05, 0.1) is 29.6 Å². The highest BCUT2D eigenvalue weighted by atomic mass is 35.5. The van der Waals surface area contributed by atoms with Crippen molar-refractivity contribution in [3.05, 3.63) is 69.8 Å². The van der Waals surface area contributed by atoms with E-state index in [0.29, 0.717) is 18.7 Å². The number of thiophene rings is 1. The highest BCUT2D eigenvalue weighted by Crippen LogP contribution is 2.29. The molecule has 2 heterocycles. The molecule has 138 valence electrons. The fourth-order valence-electron chi connectivity index (χ4n) is 2.52. The van der Waals surface area contributed by atoms with Crippen LogP contribution >= 0.6 is 22.9 Å². The summed E-state index contributed by atoms with van der Waals surface area (Å²) in [5, 5.41) is 2.24. The second kappa shape index (κ2) is 8.26. The van der Waals surface area contributed by atoms with Gasteiger partial charge in [0.1, 0.15) is 5.75 Å². The van der Waals surface area contributed by atoms with Gasteiger partial charge in [-0.05, 0) is 42.1 Å². The van der Waals surface area contributed by atoms with Gasteiger partial charge >= 0.3 is 0 Å². The van der Waals surface area contributed by atoms with Crippen molar-refractivity contribution in [2.75, 3.05) is 13.7 Å². The summed E-state index contributed by atoms with van der Waals surface area (Å²) in [5.74, 6) is 0.436. The Labute approximate surface area is 161 Å². The van der Waals surface area contributed by atoms with Crippen LogP contribution in [0.4, 0.5) is 0 Å². The molecule has 0 N–H and O–H groups in total. The Bertz CT molecular complexity index is 938. The van der Waals surface area contributed by atoms with Crippen molar-refractivity contribution in [2.45, 2.75) is 17.9 Å². The van der Waals surface area contributed by atoms with Crippen molar-refractivity contribution < 1.29 is 17.6 Å². The van der Waals surface area contributed by atoms with Gasteiger partial charge in [-0.1, -0.05) is 17.7 Å². The van der Waals surface area contributed by atoms with Crippen LogP contribution in [0.5, 0.6) is 5.75 Å². The lowest BCUT2D eigenvalue weighted by Gasteiger charge is -2.22. The van der Waals surface area contributed by atoms with E-state index in [0.717, 1.165) is 10.4 Å². The van der Waals surface area contributed by atoms with E-state index in [4.69, 9.17) is 20.8 Å². The first-order valence-electron chi connectivity index (χ1n) is 7.88. The van der Waals surface area contributed by atoms with E-state index in [1.807, 2.05) is 17.5 Å². The zero-order valence-electron chi connectivity index (χ0n) is 14.1. The molecule has 0 bridgehead atoms. The molecule has 0 atom stereocenters. The summed E-state index contributed by atoms with van der Waals surface area (Å²) in [6.45, 7) is 0.589. The van der Waals surface area contributed by atoms with Gasteiger partial charge in [-0.3, -0.25) is 0 Å². The smallest absolute Gasteiger partial charge is 0.243 e. The third kappa shape index (κ3) is 4.29. The van der Waals surface area contributed by atoms with Crippen molar-refractivity contribution in [1.82, 2.24) is 4.31 Å². The predicted molar refractivity (Wildman–Crippen MR) is 102 cm³/mol. The van der Waals surface area contributed by atoms with E-state index < -0.39 is 10.0 Å². The lowest BCUT2D eigenvalue weighted by atomic mass is 10.3. The van der Waals surface area contributed by atoms with E-state index in [1.165, 1.54) is 29.8 Å². The van der Waals surface area contributed by atoms with Gasteiger partial charge in [-0.2, -0.15) is 4.31 Å². The Balaban J connectivity index is 1.89. The van der Waals surface area contributed by atoms with Crippen LogP contribution in [-0.2, 0) is 23.0 Å². The summed E-state index contributed by atoms with van der Waals surface area (Å²) in [4.78, 5) is 1.27. The molecule has 8 heteroatoms. The number of hydrogen-bond donors (Lipinski definition) is 0. The fourth-order valence-corrected chi connectivity index (χ4v) is 4.99. The molecule has 3 rings (SSSR count). The lowest BCUT2D eigenvalue weighted by molar-refractivity contribution is 0.407. The van der Waals surface area contributed by atoms with Gasteiger partial charge in [0, 0.05) is 23.5 Å². The molecule has 0 radical (unpaired) electrons. The minimum absolute atomic E-state index is 0.137. The number of benzene rings is 1. The number of hydrogen-bond acceptors (Lipinski definition) is 5. The number of halogens is 1. The fraction of sp³-hybridized carbons (Fsp3) is 0.222. The second-order valence-corrected chi connectivity index (χ2v) is 8.97. The van der Waals surface area contributed by atoms with Crippen LogP contribution < -0.4 is 4.74 Å². The molecule has 0 spiro atoms. The number of rotatable bonds is 8. The molecule has 26 heavy (non-hydrogen) atoms. The molecule has 0 aliphatic heterocycles. The average Bonchev–Trinajstić information content (AvgIpc) is 3.32. The van der Waals surface area contributed by atoms with E-state index in [-0.39, 0.29) is 16.5 Å². The molecule has 1 aromatic carbocycles. The van der Waals surface area contributed by atoms with Gasteiger partial charge in [-0.25, -0.2) is 8.42 Å². The van der Waals surface area contributed by atoms with E-state index in [9.17, 15) is 8.42 Å². The van der Waals surface area contributed by atoms with E-state index in [2.05, 4.69) is 0 Å². The standard InChI is InChI=1S/C18H18ClNO4S2/c1-23-18-5-4-16(11-17(18)19)26(21,22)20(12-14-7-9-24-13-14)8-6-15-3-2-10-25-15/h2-5,7,9-11,13H,6,8,12H2,1H3. The highest BCUT2D eigenvalue weighted by Gasteiger charge is 2.26. The van der Waals surface area contributed by atoms with Crippen LogP contribution in [0.3, 0.4) is 0 Å². The molecule has 0 fully saturated rings. The summed E-state index contributed by atoms with van der Waals surface area (Å²) in [6, 6.07) is 10.2. The molecule has 0 unspecified atom stereocenters. The maximum atomic E-state index is 13.2. The Morgan fingerprint density at radius 1 is 1.27 bits per heavy atom. The van der Waals surface area contributed by atoms with Crippen LogP contribution in [0, 0.1) is 0 Å². The molecule has 0 aliphatic carbocycles. The second-order valence-electron chi connectivity index (χ2n) is 5.60. The summed E-state index contributed by atoms with van der Waals surface area (Å²) in [5.41, 5.74) is 0.791. The summed E-state index contributed by atoms with van der Waals surface area (Å²) in [7, 11) is -2.23. The Morgan fingerprint density at radius 2 is 2.12 bits per heavy atom. The normalized spacial score (nSPS) is 11.8. The number of furan rings is 1. The van der Waals surface area contributed by atoms with Crippen molar-refractivity contribution in [2.24, 2.45) is 0 Å². The Morgan fingerprint density at radius 3 is 2.73 bits per heavy atom. The zero-order chi connectivity index (χ0) is 18.6. The third-order valence-corrected chi connectivity index (χ3v) is 6.96. The summed E-state index contributed by atoms with van der Waals surface area (Å²) in [6.07, 6.45) is 3.72. The molecular formula is C18H18ClNO4S2. The molecule has 3 aromatic rings. The van der Waals surface area contributed by atoms with Gasteiger partial charge in [0.2, 0.25) is 10.0 Å². The summed E-state index contributed by atoms with van der Waals surface area (Å²) >= 11 is 7.73. The highest BCUT2D eigenvalue weighted by molar-refractivity contribution is 7.89. The van der Waals surface area contributed by atoms with E-state index in [1.54, 1.807) is 29.7 Å². The molecule has 0 saturated carbocycles. The number of ether oxygens (including phenoxy) is 1. The largest absolute Gasteiger partial charge is 0.495 e. The number of methoxy groups -OCH3 is 1. The van der Waals surface area contributed by atoms with Crippen LogP contribution in [0.15, 0.2) is 63.6 Å². The first-order chi connectivity index (χ1) is 12.5.